The van der Waals surface area contributed by atoms with Crippen molar-refractivity contribution in [1.29, 1.82) is 0 Å². The smallest absolute Gasteiger partial charge is 0.320 e. The van der Waals surface area contributed by atoms with Crippen LogP contribution in [-0.4, -0.2) is 23.7 Å². The molecule has 0 radical (unpaired) electrons. The van der Waals surface area contributed by atoms with Crippen LogP contribution in [0.15, 0.2) is 0 Å². The summed E-state index contributed by atoms with van der Waals surface area (Å²) in [6.07, 6.45) is 3.08. The molecule has 13 heavy (non-hydrogen) atoms. The lowest BCUT2D eigenvalue weighted by Crippen LogP contribution is -2.43. The van der Waals surface area contributed by atoms with E-state index in [2.05, 4.69) is 19.2 Å². The molecule has 0 spiro atoms. The third-order valence-corrected chi connectivity index (χ3v) is 2.62. The quantitative estimate of drug-likeness (QED) is 0.700. The summed E-state index contributed by atoms with van der Waals surface area (Å²) in [5.41, 5.74) is 0. The normalized spacial score (nSPS) is 29.2. The molecule has 1 aliphatic heterocycles. The molecular weight excluding hydrogens is 166 g/mol. The molecule has 2 N–H and O–H groups in total. The molecule has 1 rings (SSSR count). The Labute approximate surface area is 79.5 Å². The second-order valence-corrected chi connectivity index (χ2v) is 4.36. The summed E-state index contributed by atoms with van der Waals surface area (Å²) >= 11 is 0. The average Bonchev–Trinajstić information content (AvgIpc) is 2.03. The van der Waals surface area contributed by atoms with Gasteiger partial charge in [0.05, 0.1) is 0 Å². The standard InChI is InChI=1S/C10H19NO2/c1-7(2)5-8-3-4-11-9(6-8)10(12)13/h7-9,11H,3-6H2,1-2H3,(H,12,13)/t8-,9+/m0/s1. The number of rotatable bonds is 3. The number of hydrogen-bond acceptors (Lipinski definition) is 2. The number of piperidine rings is 1. The third-order valence-electron chi connectivity index (χ3n) is 2.62. The van der Waals surface area contributed by atoms with Gasteiger partial charge in [0.2, 0.25) is 0 Å². The molecule has 1 aliphatic rings. The number of carboxylic acid groups (broad SMARTS) is 1. The fourth-order valence-corrected chi connectivity index (χ4v) is 2.07. The molecule has 1 fully saturated rings. The van der Waals surface area contributed by atoms with Crippen molar-refractivity contribution in [1.82, 2.24) is 5.32 Å². The molecule has 3 nitrogen and oxygen atoms in total. The molecule has 2 atom stereocenters. The SMILES string of the molecule is CC(C)C[C@@H]1CCN[C@@H](C(=O)O)C1. The minimum atomic E-state index is -0.701. The summed E-state index contributed by atoms with van der Waals surface area (Å²) < 4.78 is 0. The van der Waals surface area contributed by atoms with E-state index in [4.69, 9.17) is 5.11 Å². The summed E-state index contributed by atoms with van der Waals surface area (Å²) in [6.45, 7) is 5.24. The second-order valence-electron chi connectivity index (χ2n) is 4.36. The van der Waals surface area contributed by atoms with Crippen LogP contribution in [0.25, 0.3) is 0 Å². The average molecular weight is 185 g/mol. The van der Waals surface area contributed by atoms with Crippen LogP contribution in [0.2, 0.25) is 0 Å². The van der Waals surface area contributed by atoms with Crippen LogP contribution in [0, 0.1) is 11.8 Å². The van der Waals surface area contributed by atoms with Crippen LogP contribution in [0.3, 0.4) is 0 Å². The minimum absolute atomic E-state index is 0.308. The molecule has 0 aromatic heterocycles. The molecule has 76 valence electrons. The van der Waals surface area contributed by atoms with Crippen molar-refractivity contribution in [2.24, 2.45) is 11.8 Å². The first-order valence-corrected chi connectivity index (χ1v) is 5.05. The second kappa shape index (κ2) is 4.61. The molecular formula is C10H19NO2. The Kier molecular flexibility index (Phi) is 3.72. The molecule has 0 amide bonds. The van der Waals surface area contributed by atoms with E-state index in [0.717, 1.165) is 25.8 Å². The van der Waals surface area contributed by atoms with E-state index < -0.39 is 5.97 Å². The zero-order valence-electron chi connectivity index (χ0n) is 8.42. The fraction of sp³-hybridized carbons (Fsp3) is 0.900. The van der Waals surface area contributed by atoms with E-state index in [9.17, 15) is 4.79 Å². The van der Waals surface area contributed by atoms with E-state index in [0.29, 0.717) is 11.8 Å². The number of carboxylic acids is 1. The summed E-state index contributed by atoms with van der Waals surface area (Å²) in [5, 5.41) is 11.8. The van der Waals surface area contributed by atoms with Gasteiger partial charge >= 0.3 is 5.97 Å². The van der Waals surface area contributed by atoms with Gasteiger partial charge < -0.3 is 10.4 Å². The highest BCUT2D eigenvalue weighted by atomic mass is 16.4. The molecule has 3 heteroatoms. The van der Waals surface area contributed by atoms with Gasteiger partial charge in [-0.05, 0) is 37.6 Å². The Hall–Kier alpha value is -0.570. The van der Waals surface area contributed by atoms with Gasteiger partial charge in [-0.1, -0.05) is 13.8 Å². The van der Waals surface area contributed by atoms with Crippen LogP contribution in [0.1, 0.15) is 33.1 Å². The van der Waals surface area contributed by atoms with Crippen molar-refractivity contribution < 1.29 is 9.90 Å². The lowest BCUT2D eigenvalue weighted by atomic mass is 9.86. The first-order chi connectivity index (χ1) is 6.09. The Morgan fingerprint density at radius 3 is 2.85 bits per heavy atom. The van der Waals surface area contributed by atoms with Gasteiger partial charge in [0.15, 0.2) is 0 Å². The first kappa shape index (κ1) is 10.5. The molecule has 1 saturated heterocycles. The highest BCUT2D eigenvalue weighted by Gasteiger charge is 2.26. The number of aliphatic carboxylic acids is 1. The van der Waals surface area contributed by atoms with Crippen molar-refractivity contribution >= 4 is 5.97 Å². The molecule has 0 aromatic rings. The molecule has 0 bridgehead atoms. The van der Waals surface area contributed by atoms with Crippen LogP contribution in [0.5, 0.6) is 0 Å². The Balaban J connectivity index is 2.37. The maximum atomic E-state index is 10.7. The Morgan fingerprint density at radius 2 is 2.31 bits per heavy atom. The third kappa shape index (κ3) is 3.35. The maximum Gasteiger partial charge on any atom is 0.320 e. The zero-order chi connectivity index (χ0) is 9.84. The minimum Gasteiger partial charge on any atom is -0.480 e. The van der Waals surface area contributed by atoms with Crippen LogP contribution in [-0.2, 0) is 4.79 Å². The molecule has 0 aromatic carbocycles. The topological polar surface area (TPSA) is 49.3 Å². The van der Waals surface area contributed by atoms with Crippen LogP contribution >= 0.6 is 0 Å². The number of nitrogens with one attached hydrogen (secondary N) is 1. The maximum absolute atomic E-state index is 10.7. The summed E-state index contributed by atoms with van der Waals surface area (Å²) in [4.78, 5) is 10.7. The van der Waals surface area contributed by atoms with Gasteiger partial charge in [-0.3, -0.25) is 4.79 Å². The first-order valence-electron chi connectivity index (χ1n) is 5.05. The zero-order valence-corrected chi connectivity index (χ0v) is 8.42. The van der Waals surface area contributed by atoms with Crippen molar-refractivity contribution in [3.63, 3.8) is 0 Å². The Bertz CT molecular complexity index is 180. The van der Waals surface area contributed by atoms with E-state index in [1.807, 2.05) is 0 Å². The van der Waals surface area contributed by atoms with Crippen molar-refractivity contribution in [3.8, 4) is 0 Å². The number of carbonyl (C=O) groups is 1. The molecule has 1 heterocycles. The van der Waals surface area contributed by atoms with Gasteiger partial charge in [0.1, 0.15) is 6.04 Å². The highest BCUT2D eigenvalue weighted by Crippen LogP contribution is 2.23. The predicted octanol–water partition coefficient (Wildman–Crippen LogP) is 1.49. The number of hydrogen-bond donors (Lipinski definition) is 2. The van der Waals surface area contributed by atoms with Crippen LogP contribution < -0.4 is 5.32 Å². The monoisotopic (exact) mass is 185 g/mol. The van der Waals surface area contributed by atoms with Gasteiger partial charge in [0.25, 0.3) is 0 Å². The van der Waals surface area contributed by atoms with Crippen molar-refractivity contribution in [3.05, 3.63) is 0 Å². The van der Waals surface area contributed by atoms with Gasteiger partial charge in [-0.25, -0.2) is 0 Å². The van der Waals surface area contributed by atoms with E-state index >= 15 is 0 Å². The summed E-state index contributed by atoms with van der Waals surface area (Å²) in [5.74, 6) is 0.577. The van der Waals surface area contributed by atoms with Gasteiger partial charge in [-0.2, -0.15) is 0 Å². The molecule has 0 unspecified atom stereocenters. The van der Waals surface area contributed by atoms with E-state index in [-0.39, 0.29) is 6.04 Å². The fourth-order valence-electron chi connectivity index (χ4n) is 2.07. The van der Waals surface area contributed by atoms with Crippen LogP contribution in [0.4, 0.5) is 0 Å². The van der Waals surface area contributed by atoms with Crippen molar-refractivity contribution in [2.45, 2.75) is 39.2 Å². The van der Waals surface area contributed by atoms with Gasteiger partial charge in [0, 0.05) is 0 Å². The summed E-state index contributed by atoms with van der Waals surface area (Å²) in [6, 6.07) is -0.308. The lowest BCUT2D eigenvalue weighted by molar-refractivity contribution is -0.140. The molecule has 0 aliphatic carbocycles. The highest BCUT2D eigenvalue weighted by molar-refractivity contribution is 5.73. The van der Waals surface area contributed by atoms with E-state index in [1.54, 1.807) is 0 Å². The largest absolute Gasteiger partial charge is 0.480 e. The van der Waals surface area contributed by atoms with Gasteiger partial charge in [-0.15, -0.1) is 0 Å². The molecule has 0 saturated carbocycles. The van der Waals surface area contributed by atoms with E-state index in [1.165, 1.54) is 0 Å². The lowest BCUT2D eigenvalue weighted by Gasteiger charge is -2.28. The Morgan fingerprint density at radius 1 is 1.62 bits per heavy atom. The van der Waals surface area contributed by atoms with Crippen molar-refractivity contribution in [2.75, 3.05) is 6.54 Å². The predicted molar refractivity (Wildman–Crippen MR) is 51.6 cm³/mol. The summed E-state index contributed by atoms with van der Waals surface area (Å²) in [7, 11) is 0.